The summed E-state index contributed by atoms with van der Waals surface area (Å²) in [6.45, 7) is 2.47. The van der Waals surface area contributed by atoms with Gasteiger partial charge in [-0.1, -0.05) is 11.6 Å². The van der Waals surface area contributed by atoms with E-state index in [-0.39, 0.29) is 5.91 Å². The molecule has 0 unspecified atom stereocenters. The van der Waals surface area contributed by atoms with Crippen molar-refractivity contribution in [1.82, 2.24) is 9.88 Å². The van der Waals surface area contributed by atoms with Crippen molar-refractivity contribution in [2.75, 3.05) is 25.0 Å². The van der Waals surface area contributed by atoms with Crippen LogP contribution in [0.5, 0.6) is 0 Å². The Bertz CT molecular complexity index is 441. The van der Waals surface area contributed by atoms with Crippen molar-refractivity contribution in [3.8, 4) is 0 Å². The van der Waals surface area contributed by atoms with Crippen molar-refractivity contribution in [3.63, 3.8) is 0 Å². The first kappa shape index (κ1) is 13.6. The highest BCUT2D eigenvalue weighted by atomic mass is 79.9. The van der Waals surface area contributed by atoms with Crippen LogP contribution in [0, 0.1) is 0 Å². The molecule has 0 bridgehead atoms. The summed E-state index contributed by atoms with van der Waals surface area (Å²) in [7, 11) is 0. The van der Waals surface area contributed by atoms with Gasteiger partial charge in [0, 0.05) is 36.7 Å². The Kier molecular flexibility index (Phi) is 4.83. The number of amides is 1. The minimum absolute atomic E-state index is 0.273. The molecular weight excluding hydrogens is 318 g/mol. The van der Waals surface area contributed by atoms with E-state index in [2.05, 4.69) is 26.2 Å². The fourth-order valence-electron chi connectivity index (χ4n) is 1.96. The summed E-state index contributed by atoms with van der Waals surface area (Å²) in [5.74, 6) is 0.961. The van der Waals surface area contributed by atoms with Crippen molar-refractivity contribution in [2.24, 2.45) is 0 Å². The molecule has 1 N–H and O–H groups in total. The highest BCUT2D eigenvalue weighted by Crippen LogP contribution is 2.22. The Hall–Kier alpha value is -0.810. The van der Waals surface area contributed by atoms with Crippen LogP contribution in [0.2, 0.25) is 5.02 Å². The molecule has 1 aliphatic heterocycles. The molecule has 0 saturated carbocycles. The molecular formula is C12H15BrClN3O. The van der Waals surface area contributed by atoms with Gasteiger partial charge in [0.15, 0.2) is 0 Å². The van der Waals surface area contributed by atoms with Gasteiger partial charge < -0.3 is 10.2 Å². The number of likely N-dealkylation sites (tertiary alicyclic amines) is 1. The Balaban J connectivity index is 1.73. The molecule has 1 saturated heterocycles. The maximum Gasteiger partial charge on any atom is 0.222 e. The van der Waals surface area contributed by atoms with E-state index >= 15 is 0 Å². The standard InChI is InChI=1S/C12H15BrClN3O/c13-9-7-10(14)12(16-8-9)15-4-2-6-17-5-1-3-11(17)18/h7-8H,1-6H2,(H,15,16). The van der Waals surface area contributed by atoms with Crippen LogP contribution in [0.4, 0.5) is 5.82 Å². The van der Waals surface area contributed by atoms with E-state index in [1.165, 1.54) is 0 Å². The molecule has 1 amide bonds. The smallest absolute Gasteiger partial charge is 0.222 e. The average molecular weight is 333 g/mol. The second-order valence-corrected chi connectivity index (χ2v) is 5.57. The third kappa shape index (κ3) is 3.59. The van der Waals surface area contributed by atoms with Crippen LogP contribution in [-0.2, 0) is 4.79 Å². The van der Waals surface area contributed by atoms with Crippen LogP contribution in [0.15, 0.2) is 16.7 Å². The van der Waals surface area contributed by atoms with Crippen molar-refractivity contribution in [3.05, 3.63) is 21.8 Å². The topological polar surface area (TPSA) is 45.2 Å². The number of hydrogen-bond acceptors (Lipinski definition) is 3. The summed E-state index contributed by atoms with van der Waals surface area (Å²) in [5, 5.41) is 3.78. The summed E-state index contributed by atoms with van der Waals surface area (Å²) in [6, 6.07) is 1.81. The van der Waals surface area contributed by atoms with Crippen LogP contribution in [0.1, 0.15) is 19.3 Å². The number of pyridine rings is 1. The van der Waals surface area contributed by atoms with Gasteiger partial charge >= 0.3 is 0 Å². The summed E-state index contributed by atoms with van der Waals surface area (Å²) < 4.78 is 0.862. The molecule has 0 atom stereocenters. The van der Waals surface area contributed by atoms with Crippen molar-refractivity contribution >= 4 is 39.3 Å². The predicted octanol–water partition coefficient (Wildman–Crippen LogP) is 2.92. The Labute approximate surface area is 120 Å². The fraction of sp³-hybridized carbons (Fsp3) is 0.500. The minimum Gasteiger partial charge on any atom is -0.369 e. The van der Waals surface area contributed by atoms with Gasteiger partial charge in [-0.2, -0.15) is 0 Å². The number of hydrogen-bond donors (Lipinski definition) is 1. The number of nitrogens with zero attached hydrogens (tertiary/aromatic N) is 2. The van der Waals surface area contributed by atoms with E-state index in [4.69, 9.17) is 11.6 Å². The first-order valence-corrected chi connectivity index (χ1v) is 7.16. The van der Waals surface area contributed by atoms with Crippen LogP contribution < -0.4 is 5.32 Å². The lowest BCUT2D eigenvalue weighted by Gasteiger charge is -2.15. The normalized spacial score (nSPS) is 15.2. The summed E-state index contributed by atoms with van der Waals surface area (Å²) in [6.07, 6.45) is 4.30. The third-order valence-electron chi connectivity index (χ3n) is 2.88. The van der Waals surface area contributed by atoms with E-state index in [0.717, 1.165) is 36.9 Å². The minimum atomic E-state index is 0.273. The number of nitrogens with one attached hydrogen (secondary N) is 1. The summed E-state index contributed by atoms with van der Waals surface area (Å²) >= 11 is 9.35. The maximum atomic E-state index is 11.4. The highest BCUT2D eigenvalue weighted by Gasteiger charge is 2.18. The zero-order valence-corrected chi connectivity index (χ0v) is 12.3. The molecule has 0 aliphatic carbocycles. The molecule has 4 nitrogen and oxygen atoms in total. The summed E-state index contributed by atoms with van der Waals surface area (Å²) in [5.41, 5.74) is 0. The second-order valence-electron chi connectivity index (χ2n) is 4.25. The second kappa shape index (κ2) is 6.38. The zero-order valence-electron chi connectivity index (χ0n) is 9.96. The molecule has 18 heavy (non-hydrogen) atoms. The first-order valence-electron chi connectivity index (χ1n) is 5.99. The van der Waals surface area contributed by atoms with E-state index in [1.54, 1.807) is 12.3 Å². The number of anilines is 1. The third-order valence-corrected chi connectivity index (χ3v) is 3.60. The quantitative estimate of drug-likeness (QED) is 0.843. The van der Waals surface area contributed by atoms with E-state index < -0.39 is 0 Å². The molecule has 1 aromatic heterocycles. The van der Waals surface area contributed by atoms with Gasteiger partial charge in [0.05, 0.1) is 5.02 Å². The number of carbonyl (C=O) groups excluding carboxylic acids is 1. The molecule has 98 valence electrons. The molecule has 1 fully saturated rings. The molecule has 1 aromatic rings. The van der Waals surface area contributed by atoms with Gasteiger partial charge in [0.2, 0.25) is 5.91 Å². The molecule has 2 rings (SSSR count). The predicted molar refractivity (Wildman–Crippen MR) is 75.9 cm³/mol. The largest absolute Gasteiger partial charge is 0.369 e. The van der Waals surface area contributed by atoms with Gasteiger partial charge in [0.1, 0.15) is 5.82 Å². The van der Waals surface area contributed by atoms with Gasteiger partial charge in [-0.25, -0.2) is 4.98 Å². The van der Waals surface area contributed by atoms with Crippen molar-refractivity contribution in [1.29, 1.82) is 0 Å². The molecule has 2 heterocycles. The SMILES string of the molecule is O=C1CCCN1CCCNc1ncc(Br)cc1Cl. The Morgan fingerprint density at radius 2 is 2.39 bits per heavy atom. The molecule has 0 spiro atoms. The van der Waals surface area contributed by atoms with Crippen LogP contribution in [0.25, 0.3) is 0 Å². The summed E-state index contributed by atoms with van der Waals surface area (Å²) in [4.78, 5) is 17.5. The lowest BCUT2D eigenvalue weighted by Crippen LogP contribution is -2.27. The van der Waals surface area contributed by atoms with Gasteiger partial charge in [-0.3, -0.25) is 4.79 Å². The molecule has 0 aromatic carbocycles. The highest BCUT2D eigenvalue weighted by molar-refractivity contribution is 9.10. The molecule has 1 aliphatic rings. The Morgan fingerprint density at radius 3 is 3.06 bits per heavy atom. The first-order chi connectivity index (χ1) is 8.66. The molecule has 0 radical (unpaired) electrons. The Morgan fingerprint density at radius 1 is 1.56 bits per heavy atom. The van der Waals surface area contributed by atoms with Gasteiger partial charge in [0.25, 0.3) is 0 Å². The average Bonchev–Trinajstić information content (AvgIpc) is 2.73. The fourth-order valence-corrected chi connectivity index (χ4v) is 2.66. The van der Waals surface area contributed by atoms with Crippen LogP contribution in [-0.4, -0.2) is 35.4 Å². The van der Waals surface area contributed by atoms with E-state index in [9.17, 15) is 4.79 Å². The zero-order chi connectivity index (χ0) is 13.0. The maximum absolute atomic E-state index is 11.4. The number of halogens is 2. The number of carbonyl (C=O) groups is 1. The van der Waals surface area contributed by atoms with Crippen LogP contribution >= 0.6 is 27.5 Å². The molecule has 6 heteroatoms. The van der Waals surface area contributed by atoms with E-state index in [1.807, 2.05) is 4.90 Å². The van der Waals surface area contributed by atoms with Crippen molar-refractivity contribution in [2.45, 2.75) is 19.3 Å². The van der Waals surface area contributed by atoms with Crippen molar-refractivity contribution < 1.29 is 4.79 Å². The monoisotopic (exact) mass is 331 g/mol. The van der Waals surface area contributed by atoms with Gasteiger partial charge in [-0.05, 0) is 34.8 Å². The number of rotatable bonds is 5. The van der Waals surface area contributed by atoms with E-state index in [0.29, 0.717) is 17.3 Å². The lowest BCUT2D eigenvalue weighted by atomic mass is 10.3. The number of aromatic nitrogens is 1. The lowest BCUT2D eigenvalue weighted by molar-refractivity contribution is -0.127. The van der Waals surface area contributed by atoms with Gasteiger partial charge in [-0.15, -0.1) is 0 Å². The van der Waals surface area contributed by atoms with Crippen LogP contribution in [0.3, 0.4) is 0 Å².